The lowest BCUT2D eigenvalue weighted by Gasteiger charge is -2.15. The zero-order valence-electron chi connectivity index (χ0n) is 9.16. The van der Waals surface area contributed by atoms with Gasteiger partial charge in [0.2, 0.25) is 5.88 Å². The second kappa shape index (κ2) is 5.72. The van der Waals surface area contributed by atoms with Gasteiger partial charge < -0.3 is 15.2 Å². The Hall–Kier alpha value is -1.50. The number of rotatable bonds is 5. The van der Waals surface area contributed by atoms with Crippen molar-refractivity contribution in [2.45, 2.75) is 19.2 Å². The van der Waals surface area contributed by atoms with Crippen LogP contribution in [0.2, 0.25) is 0 Å². The summed E-state index contributed by atoms with van der Waals surface area (Å²) in [6.07, 6.45) is -7.05. The van der Waals surface area contributed by atoms with Crippen molar-refractivity contribution in [2.75, 3.05) is 18.5 Å². The Bertz CT molecular complexity index is 358. The number of ether oxygens (including phenoxy) is 1. The summed E-state index contributed by atoms with van der Waals surface area (Å²) in [5.74, 6) is 0.540. The van der Waals surface area contributed by atoms with Crippen LogP contribution in [0.5, 0.6) is 5.88 Å². The Kier molecular flexibility index (Phi) is 4.56. The molecule has 1 rings (SSSR count). The van der Waals surface area contributed by atoms with Crippen molar-refractivity contribution in [2.24, 2.45) is 0 Å². The van der Waals surface area contributed by atoms with E-state index in [-0.39, 0.29) is 5.82 Å². The van der Waals surface area contributed by atoms with Gasteiger partial charge in [0.1, 0.15) is 5.82 Å². The van der Waals surface area contributed by atoms with Gasteiger partial charge in [0.25, 0.3) is 0 Å². The van der Waals surface area contributed by atoms with Crippen molar-refractivity contribution >= 4 is 5.82 Å². The molecule has 0 spiro atoms. The first kappa shape index (κ1) is 13.6. The predicted octanol–water partition coefficient (Wildman–Crippen LogP) is 1.82. The molecule has 0 radical (unpaired) electrons. The van der Waals surface area contributed by atoms with Crippen molar-refractivity contribution in [1.29, 1.82) is 0 Å². The lowest BCUT2D eigenvalue weighted by molar-refractivity contribution is -0.198. The third kappa shape index (κ3) is 4.48. The summed E-state index contributed by atoms with van der Waals surface area (Å²) in [5, 5.41) is 11.2. The number of aliphatic hydroxyl groups excluding tert-OH is 1. The lowest BCUT2D eigenvalue weighted by Crippen LogP contribution is -2.35. The zero-order chi connectivity index (χ0) is 12.9. The molecule has 0 aliphatic carbocycles. The van der Waals surface area contributed by atoms with Crippen molar-refractivity contribution in [3.8, 4) is 5.88 Å². The molecule has 4 nitrogen and oxygen atoms in total. The Morgan fingerprint density at radius 3 is 2.76 bits per heavy atom. The SMILES string of the molecule is CCOc1cccc(NCC(O)C(F)(F)F)n1. The summed E-state index contributed by atoms with van der Waals surface area (Å²) in [5.41, 5.74) is 0. The average molecular weight is 250 g/mol. The molecule has 7 heteroatoms. The van der Waals surface area contributed by atoms with E-state index in [2.05, 4.69) is 10.3 Å². The highest BCUT2D eigenvalue weighted by Gasteiger charge is 2.37. The molecule has 0 amide bonds. The fourth-order valence-electron chi connectivity index (χ4n) is 1.06. The minimum atomic E-state index is -4.63. The average Bonchev–Trinajstić information content (AvgIpc) is 2.25. The molecule has 1 aromatic heterocycles. The summed E-state index contributed by atoms with van der Waals surface area (Å²) in [6, 6.07) is 4.68. The highest BCUT2D eigenvalue weighted by Crippen LogP contribution is 2.20. The number of halogens is 3. The molecule has 0 bridgehead atoms. The molecule has 17 heavy (non-hydrogen) atoms. The molecule has 0 aliphatic heterocycles. The van der Waals surface area contributed by atoms with Gasteiger partial charge in [0.15, 0.2) is 6.10 Å². The maximum Gasteiger partial charge on any atom is 0.416 e. The van der Waals surface area contributed by atoms with Crippen molar-refractivity contribution in [3.05, 3.63) is 18.2 Å². The number of nitrogens with one attached hydrogen (secondary N) is 1. The van der Waals surface area contributed by atoms with Gasteiger partial charge in [-0.1, -0.05) is 6.07 Å². The smallest absolute Gasteiger partial charge is 0.416 e. The van der Waals surface area contributed by atoms with Crippen molar-refractivity contribution < 1.29 is 23.0 Å². The molecule has 0 saturated carbocycles. The number of anilines is 1. The molecule has 96 valence electrons. The largest absolute Gasteiger partial charge is 0.478 e. The van der Waals surface area contributed by atoms with Crippen LogP contribution in [0.4, 0.5) is 19.0 Å². The van der Waals surface area contributed by atoms with Crippen LogP contribution in [0.25, 0.3) is 0 Å². The molecule has 1 aromatic rings. The van der Waals surface area contributed by atoms with E-state index in [4.69, 9.17) is 9.84 Å². The first-order chi connectivity index (χ1) is 7.93. The van der Waals surface area contributed by atoms with E-state index < -0.39 is 18.8 Å². The molecule has 0 aliphatic rings. The van der Waals surface area contributed by atoms with Gasteiger partial charge in [-0.2, -0.15) is 18.2 Å². The van der Waals surface area contributed by atoms with Crippen LogP contribution in [0, 0.1) is 0 Å². The predicted molar refractivity (Wildman–Crippen MR) is 56.0 cm³/mol. The number of aromatic nitrogens is 1. The Balaban J connectivity index is 2.54. The van der Waals surface area contributed by atoms with Crippen LogP contribution in [0.3, 0.4) is 0 Å². The Morgan fingerprint density at radius 2 is 2.18 bits per heavy atom. The van der Waals surface area contributed by atoms with E-state index in [1.54, 1.807) is 19.1 Å². The summed E-state index contributed by atoms with van der Waals surface area (Å²) >= 11 is 0. The molecular weight excluding hydrogens is 237 g/mol. The number of alkyl halides is 3. The monoisotopic (exact) mass is 250 g/mol. The van der Waals surface area contributed by atoms with Crippen LogP contribution in [0.1, 0.15) is 6.92 Å². The summed E-state index contributed by atoms with van der Waals surface area (Å²) in [4.78, 5) is 3.90. The van der Waals surface area contributed by atoms with Gasteiger partial charge in [-0.05, 0) is 13.0 Å². The number of nitrogens with zero attached hydrogens (tertiary/aromatic N) is 1. The summed E-state index contributed by atoms with van der Waals surface area (Å²) < 4.78 is 41.1. The van der Waals surface area contributed by atoms with E-state index in [1.165, 1.54) is 6.07 Å². The van der Waals surface area contributed by atoms with Crippen LogP contribution < -0.4 is 10.1 Å². The maximum absolute atomic E-state index is 12.0. The number of pyridine rings is 1. The van der Waals surface area contributed by atoms with Gasteiger partial charge in [0.05, 0.1) is 13.2 Å². The van der Waals surface area contributed by atoms with Gasteiger partial charge in [-0.15, -0.1) is 0 Å². The second-order valence-electron chi connectivity index (χ2n) is 3.23. The molecular formula is C10H13F3N2O2. The molecule has 1 heterocycles. The van der Waals surface area contributed by atoms with Gasteiger partial charge in [-0.25, -0.2) is 0 Å². The van der Waals surface area contributed by atoms with Crippen molar-refractivity contribution in [1.82, 2.24) is 4.98 Å². The molecule has 0 saturated heterocycles. The molecule has 2 N–H and O–H groups in total. The Labute approximate surface area is 96.4 Å². The van der Waals surface area contributed by atoms with Crippen LogP contribution in [-0.4, -0.2) is 35.5 Å². The number of aliphatic hydroxyl groups is 1. The number of hydrogen-bond donors (Lipinski definition) is 2. The fourth-order valence-corrected chi connectivity index (χ4v) is 1.06. The van der Waals surface area contributed by atoms with E-state index >= 15 is 0 Å². The van der Waals surface area contributed by atoms with Gasteiger partial charge in [0, 0.05) is 6.07 Å². The van der Waals surface area contributed by atoms with Gasteiger partial charge >= 0.3 is 6.18 Å². The Morgan fingerprint density at radius 1 is 1.47 bits per heavy atom. The lowest BCUT2D eigenvalue weighted by atomic mass is 10.3. The highest BCUT2D eigenvalue weighted by molar-refractivity contribution is 5.37. The van der Waals surface area contributed by atoms with Crippen LogP contribution >= 0.6 is 0 Å². The molecule has 0 aromatic carbocycles. The molecule has 0 fully saturated rings. The van der Waals surface area contributed by atoms with Crippen LogP contribution in [-0.2, 0) is 0 Å². The normalized spacial score (nSPS) is 13.2. The third-order valence-electron chi connectivity index (χ3n) is 1.87. The van der Waals surface area contributed by atoms with Gasteiger partial charge in [-0.3, -0.25) is 0 Å². The second-order valence-corrected chi connectivity index (χ2v) is 3.23. The van der Waals surface area contributed by atoms with E-state index in [1.807, 2.05) is 0 Å². The summed E-state index contributed by atoms with van der Waals surface area (Å²) in [7, 11) is 0. The quantitative estimate of drug-likeness (QED) is 0.837. The van der Waals surface area contributed by atoms with Crippen molar-refractivity contribution in [3.63, 3.8) is 0 Å². The van der Waals surface area contributed by atoms with E-state index in [9.17, 15) is 13.2 Å². The van der Waals surface area contributed by atoms with E-state index in [0.717, 1.165) is 0 Å². The minimum absolute atomic E-state index is 0.222. The standard InChI is InChI=1S/C10H13F3N2O2/c1-2-17-9-5-3-4-8(15-9)14-6-7(16)10(11,12)13/h3-5,7,16H,2,6H2,1H3,(H,14,15). The third-order valence-corrected chi connectivity index (χ3v) is 1.87. The molecule has 1 unspecified atom stereocenters. The van der Waals surface area contributed by atoms with E-state index in [0.29, 0.717) is 12.5 Å². The zero-order valence-corrected chi connectivity index (χ0v) is 9.16. The first-order valence-corrected chi connectivity index (χ1v) is 5.02. The number of hydrogen-bond acceptors (Lipinski definition) is 4. The molecule has 1 atom stereocenters. The maximum atomic E-state index is 12.0. The van der Waals surface area contributed by atoms with Crippen LogP contribution in [0.15, 0.2) is 18.2 Å². The minimum Gasteiger partial charge on any atom is -0.478 e. The topological polar surface area (TPSA) is 54.4 Å². The fraction of sp³-hybridized carbons (Fsp3) is 0.500. The summed E-state index contributed by atoms with van der Waals surface area (Å²) in [6.45, 7) is 1.54. The highest BCUT2D eigenvalue weighted by atomic mass is 19.4. The first-order valence-electron chi connectivity index (χ1n) is 5.02.